The van der Waals surface area contributed by atoms with E-state index >= 15 is 0 Å². The highest BCUT2D eigenvalue weighted by molar-refractivity contribution is 5.95. The first-order valence-electron chi connectivity index (χ1n) is 9.31. The van der Waals surface area contributed by atoms with E-state index in [1.165, 1.54) is 6.08 Å². The standard InChI is InChI=1S/C23H21N3O4/c1-16-17(2)26(14-19-9-6-12-29-19)23(20(16)13-24)25-21(27)15-30-22(28)11-10-18-7-4-3-5-8-18/h3-12H,14-15H2,1-2H3,(H,25,27)/b11-10+. The van der Waals surface area contributed by atoms with E-state index in [0.717, 1.165) is 16.8 Å². The highest BCUT2D eigenvalue weighted by atomic mass is 16.5. The molecular weight excluding hydrogens is 382 g/mol. The molecule has 1 aromatic carbocycles. The van der Waals surface area contributed by atoms with E-state index in [1.54, 1.807) is 23.0 Å². The number of carbonyl (C=O) groups excluding carboxylic acids is 2. The van der Waals surface area contributed by atoms with Crippen LogP contribution < -0.4 is 5.32 Å². The molecule has 7 heteroatoms. The van der Waals surface area contributed by atoms with Gasteiger partial charge in [0.2, 0.25) is 0 Å². The molecule has 3 rings (SSSR count). The molecule has 7 nitrogen and oxygen atoms in total. The molecule has 0 bridgehead atoms. The van der Waals surface area contributed by atoms with Gasteiger partial charge < -0.3 is 19.0 Å². The summed E-state index contributed by atoms with van der Waals surface area (Å²) in [5, 5.41) is 12.2. The number of esters is 1. The van der Waals surface area contributed by atoms with Gasteiger partial charge in [-0.1, -0.05) is 30.3 Å². The van der Waals surface area contributed by atoms with Crippen LogP contribution in [0.1, 0.15) is 28.1 Å². The Morgan fingerprint density at radius 2 is 1.97 bits per heavy atom. The van der Waals surface area contributed by atoms with Gasteiger partial charge in [0.15, 0.2) is 6.61 Å². The van der Waals surface area contributed by atoms with Crippen molar-refractivity contribution in [3.05, 3.63) is 82.9 Å². The van der Waals surface area contributed by atoms with Gasteiger partial charge in [-0.2, -0.15) is 5.26 Å². The summed E-state index contributed by atoms with van der Waals surface area (Å²) in [6, 6.07) is 15.0. The monoisotopic (exact) mass is 403 g/mol. The molecule has 0 spiro atoms. The Balaban J connectivity index is 1.67. The fourth-order valence-electron chi connectivity index (χ4n) is 2.97. The Labute approximate surface area is 174 Å². The lowest BCUT2D eigenvalue weighted by molar-refractivity contribution is -0.142. The predicted octanol–water partition coefficient (Wildman–Crippen LogP) is 3.81. The molecule has 0 unspecified atom stereocenters. The molecule has 152 valence electrons. The van der Waals surface area contributed by atoms with Crippen LogP contribution in [-0.2, 0) is 20.9 Å². The number of hydrogen-bond acceptors (Lipinski definition) is 5. The number of ether oxygens (including phenoxy) is 1. The second-order valence-electron chi connectivity index (χ2n) is 6.61. The second kappa shape index (κ2) is 9.43. The zero-order valence-corrected chi connectivity index (χ0v) is 16.7. The number of hydrogen-bond donors (Lipinski definition) is 1. The maximum Gasteiger partial charge on any atom is 0.331 e. The van der Waals surface area contributed by atoms with Crippen LogP contribution in [0.3, 0.4) is 0 Å². The lowest BCUT2D eigenvalue weighted by atomic mass is 10.2. The van der Waals surface area contributed by atoms with Crippen LogP contribution in [0, 0.1) is 25.2 Å². The van der Waals surface area contributed by atoms with E-state index in [0.29, 0.717) is 23.7 Å². The lowest BCUT2D eigenvalue weighted by Gasteiger charge is -2.12. The normalized spacial score (nSPS) is 10.7. The van der Waals surface area contributed by atoms with Crippen molar-refractivity contribution >= 4 is 23.8 Å². The summed E-state index contributed by atoms with van der Waals surface area (Å²) in [6.07, 6.45) is 4.43. The zero-order chi connectivity index (χ0) is 21.5. The van der Waals surface area contributed by atoms with Crippen molar-refractivity contribution in [2.24, 2.45) is 0 Å². The van der Waals surface area contributed by atoms with E-state index in [-0.39, 0.29) is 0 Å². The molecule has 0 aliphatic heterocycles. The Morgan fingerprint density at radius 3 is 2.63 bits per heavy atom. The Bertz CT molecular complexity index is 1100. The molecule has 30 heavy (non-hydrogen) atoms. The third-order valence-corrected chi connectivity index (χ3v) is 4.65. The van der Waals surface area contributed by atoms with Gasteiger partial charge in [0.1, 0.15) is 17.6 Å². The minimum Gasteiger partial charge on any atom is -0.467 e. The third-order valence-electron chi connectivity index (χ3n) is 4.65. The first kappa shape index (κ1) is 20.7. The molecule has 0 saturated carbocycles. The fourth-order valence-corrected chi connectivity index (χ4v) is 2.97. The van der Waals surface area contributed by atoms with E-state index in [1.807, 2.05) is 50.2 Å². The maximum atomic E-state index is 12.4. The molecule has 3 aromatic rings. The van der Waals surface area contributed by atoms with Crippen LogP contribution in [0.25, 0.3) is 6.08 Å². The average Bonchev–Trinajstić information content (AvgIpc) is 3.34. The summed E-state index contributed by atoms with van der Waals surface area (Å²) < 4.78 is 12.2. The Hall–Kier alpha value is -4.05. The zero-order valence-electron chi connectivity index (χ0n) is 16.7. The summed E-state index contributed by atoms with van der Waals surface area (Å²) in [7, 11) is 0. The van der Waals surface area contributed by atoms with Crippen LogP contribution in [0.4, 0.5) is 5.82 Å². The topological polar surface area (TPSA) is 97.3 Å². The Kier molecular flexibility index (Phi) is 6.50. The van der Waals surface area contributed by atoms with Crippen molar-refractivity contribution in [1.82, 2.24) is 4.57 Å². The minimum atomic E-state index is -0.632. The maximum absolute atomic E-state index is 12.4. The van der Waals surface area contributed by atoms with E-state index < -0.39 is 18.5 Å². The summed E-state index contributed by atoms with van der Waals surface area (Å²) in [6.45, 7) is 3.57. The number of rotatable bonds is 7. The first-order chi connectivity index (χ1) is 14.5. The molecule has 0 saturated heterocycles. The number of nitriles is 1. The molecule has 0 aliphatic carbocycles. The van der Waals surface area contributed by atoms with Crippen molar-refractivity contribution in [3.8, 4) is 6.07 Å². The largest absolute Gasteiger partial charge is 0.467 e. The molecule has 0 fully saturated rings. The summed E-state index contributed by atoms with van der Waals surface area (Å²) >= 11 is 0. The minimum absolute atomic E-state index is 0.352. The molecule has 0 aliphatic rings. The molecular formula is C23H21N3O4. The molecule has 2 heterocycles. The van der Waals surface area contributed by atoms with Crippen molar-refractivity contribution < 1.29 is 18.7 Å². The second-order valence-corrected chi connectivity index (χ2v) is 6.61. The average molecular weight is 403 g/mol. The van der Waals surface area contributed by atoms with Crippen LogP contribution in [0.2, 0.25) is 0 Å². The summed E-state index contributed by atoms with van der Waals surface area (Å²) in [5.74, 6) is -0.130. The highest BCUT2D eigenvalue weighted by Crippen LogP contribution is 2.27. The van der Waals surface area contributed by atoms with E-state index in [4.69, 9.17) is 9.15 Å². The molecule has 0 radical (unpaired) electrons. The van der Waals surface area contributed by atoms with Crippen molar-refractivity contribution in [1.29, 1.82) is 5.26 Å². The van der Waals surface area contributed by atoms with Crippen molar-refractivity contribution in [2.45, 2.75) is 20.4 Å². The van der Waals surface area contributed by atoms with Gasteiger partial charge in [-0.15, -0.1) is 0 Å². The summed E-state index contributed by atoms with van der Waals surface area (Å²) in [4.78, 5) is 24.3. The van der Waals surface area contributed by atoms with Gasteiger partial charge in [0.25, 0.3) is 5.91 Å². The van der Waals surface area contributed by atoms with Crippen LogP contribution in [0.15, 0.2) is 59.2 Å². The quantitative estimate of drug-likeness (QED) is 0.478. The molecule has 2 aromatic heterocycles. The molecule has 0 atom stereocenters. The number of furan rings is 1. The van der Waals surface area contributed by atoms with E-state index in [9.17, 15) is 14.9 Å². The number of nitrogens with zero attached hydrogens (tertiary/aromatic N) is 2. The number of aromatic nitrogens is 1. The van der Waals surface area contributed by atoms with Gasteiger partial charge in [-0.05, 0) is 43.2 Å². The van der Waals surface area contributed by atoms with Crippen LogP contribution >= 0.6 is 0 Å². The van der Waals surface area contributed by atoms with Gasteiger partial charge in [-0.25, -0.2) is 4.79 Å². The first-order valence-corrected chi connectivity index (χ1v) is 9.31. The van der Waals surface area contributed by atoms with Gasteiger partial charge in [0, 0.05) is 11.8 Å². The number of anilines is 1. The molecule has 1 amide bonds. The number of nitrogens with one attached hydrogen (secondary N) is 1. The lowest BCUT2D eigenvalue weighted by Crippen LogP contribution is -2.22. The number of carbonyl (C=O) groups is 2. The smallest absolute Gasteiger partial charge is 0.331 e. The van der Waals surface area contributed by atoms with Crippen molar-refractivity contribution in [3.63, 3.8) is 0 Å². The number of amides is 1. The van der Waals surface area contributed by atoms with E-state index in [2.05, 4.69) is 11.4 Å². The molecule has 1 N–H and O–H groups in total. The Morgan fingerprint density at radius 1 is 1.20 bits per heavy atom. The van der Waals surface area contributed by atoms with Gasteiger partial charge >= 0.3 is 5.97 Å². The van der Waals surface area contributed by atoms with Crippen molar-refractivity contribution in [2.75, 3.05) is 11.9 Å². The summed E-state index contributed by atoms with van der Waals surface area (Å²) in [5.41, 5.74) is 2.81. The van der Waals surface area contributed by atoms with Crippen LogP contribution in [0.5, 0.6) is 0 Å². The fraction of sp³-hybridized carbons (Fsp3) is 0.174. The van der Waals surface area contributed by atoms with Gasteiger partial charge in [-0.3, -0.25) is 4.79 Å². The number of benzene rings is 1. The van der Waals surface area contributed by atoms with Crippen LogP contribution in [-0.4, -0.2) is 23.1 Å². The highest BCUT2D eigenvalue weighted by Gasteiger charge is 2.20. The predicted molar refractivity (Wildman–Crippen MR) is 111 cm³/mol. The van der Waals surface area contributed by atoms with Gasteiger partial charge in [0.05, 0.1) is 18.4 Å². The third kappa shape index (κ3) is 4.86. The SMILES string of the molecule is Cc1c(C#N)c(NC(=O)COC(=O)/C=C/c2ccccc2)n(Cc2ccco2)c1C.